The molecule has 138 valence electrons. The molecule has 0 bridgehead atoms. The largest absolute Gasteiger partial charge is 0.345 e. The van der Waals surface area contributed by atoms with E-state index in [-0.39, 0.29) is 11.7 Å². The fourth-order valence-corrected chi connectivity index (χ4v) is 2.89. The number of aryl methyl sites for hydroxylation is 1. The van der Waals surface area contributed by atoms with Gasteiger partial charge in [-0.3, -0.25) is 9.78 Å². The molecule has 0 saturated carbocycles. The Morgan fingerprint density at radius 3 is 2.64 bits per heavy atom. The summed E-state index contributed by atoms with van der Waals surface area (Å²) >= 11 is 0. The molecule has 2 aromatic heterocycles. The normalized spacial score (nSPS) is 10.6. The summed E-state index contributed by atoms with van der Waals surface area (Å²) < 4.78 is 1.71. The smallest absolute Gasteiger partial charge is 0.291 e. The third-order valence-electron chi connectivity index (χ3n) is 4.26. The zero-order chi connectivity index (χ0) is 19.3. The van der Waals surface area contributed by atoms with E-state index in [0.717, 1.165) is 22.4 Å². The second-order valence-electron chi connectivity index (χ2n) is 6.42. The molecule has 4 rings (SSSR count). The van der Waals surface area contributed by atoms with Crippen molar-refractivity contribution in [2.75, 3.05) is 0 Å². The van der Waals surface area contributed by atoms with E-state index in [1.807, 2.05) is 73.7 Å². The third-order valence-corrected chi connectivity index (χ3v) is 4.26. The average Bonchev–Trinajstić information content (AvgIpc) is 3.19. The topological polar surface area (TPSA) is 72.7 Å². The molecule has 2 heterocycles. The molecule has 0 spiro atoms. The van der Waals surface area contributed by atoms with E-state index in [9.17, 15) is 4.79 Å². The van der Waals surface area contributed by atoms with Crippen LogP contribution in [0.1, 0.15) is 21.7 Å². The lowest BCUT2D eigenvalue weighted by atomic mass is 10.2. The van der Waals surface area contributed by atoms with Crippen LogP contribution in [0.3, 0.4) is 0 Å². The lowest BCUT2D eigenvalue weighted by molar-refractivity contribution is 0.0940. The average molecular weight is 369 g/mol. The maximum atomic E-state index is 12.6. The molecule has 0 saturated heterocycles. The van der Waals surface area contributed by atoms with Crippen LogP contribution in [0.25, 0.3) is 17.1 Å². The molecule has 0 atom stereocenters. The van der Waals surface area contributed by atoms with Crippen LogP contribution in [0.4, 0.5) is 0 Å². The highest BCUT2D eigenvalue weighted by Gasteiger charge is 2.18. The zero-order valence-electron chi connectivity index (χ0n) is 15.4. The van der Waals surface area contributed by atoms with Gasteiger partial charge in [0.2, 0.25) is 5.82 Å². The predicted molar refractivity (Wildman–Crippen MR) is 107 cm³/mol. The van der Waals surface area contributed by atoms with Crippen molar-refractivity contribution < 1.29 is 4.79 Å². The fraction of sp³-hybridized carbons (Fsp3) is 0.0909. The molecular formula is C22H19N5O. The number of hydrogen-bond donors (Lipinski definition) is 1. The Bertz CT molecular complexity index is 1090. The minimum absolute atomic E-state index is 0.129. The van der Waals surface area contributed by atoms with Gasteiger partial charge in [0, 0.05) is 24.5 Å². The monoisotopic (exact) mass is 369 g/mol. The van der Waals surface area contributed by atoms with Gasteiger partial charge in [0.25, 0.3) is 5.91 Å². The third kappa shape index (κ3) is 3.81. The van der Waals surface area contributed by atoms with Gasteiger partial charge in [0.1, 0.15) is 0 Å². The summed E-state index contributed by atoms with van der Waals surface area (Å²) in [6, 6.07) is 21.4. The molecule has 28 heavy (non-hydrogen) atoms. The molecule has 0 aliphatic carbocycles. The highest BCUT2D eigenvalue weighted by molar-refractivity contribution is 5.91. The van der Waals surface area contributed by atoms with Gasteiger partial charge in [-0.1, -0.05) is 48.5 Å². The number of carbonyl (C=O) groups excluding carboxylic acids is 1. The Hall–Kier alpha value is -3.80. The zero-order valence-corrected chi connectivity index (χ0v) is 15.4. The summed E-state index contributed by atoms with van der Waals surface area (Å²) in [5, 5.41) is 7.34. The van der Waals surface area contributed by atoms with Gasteiger partial charge in [-0.05, 0) is 36.2 Å². The number of nitrogens with zero attached hydrogens (tertiary/aromatic N) is 4. The number of hydrogen-bond acceptors (Lipinski definition) is 4. The highest BCUT2D eigenvalue weighted by atomic mass is 16.2. The van der Waals surface area contributed by atoms with Crippen molar-refractivity contribution in [3.8, 4) is 17.1 Å². The van der Waals surface area contributed by atoms with E-state index in [1.165, 1.54) is 0 Å². The van der Waals surface area contributed by atoms with E-state index < -0.39 is 0 Å². The first-order valence-electron chi connectivity index (χ1n) is 8.97. The van der Waals surface area contributed by atoms with Crippen molar-refractivity contribution >= 4 is 5.91 Å². The first kappa shape index (κ1) is 17.6. The molecule has 6 nitrogen and oxygen atoms in total. The van der Waals surface area contributed by atoms with Crippen molar-refractivity contribution in [3.63, 3.8) is 0 Å². The van der Waals surface area contributed by atoms with Crippen molar-refractivity contribution in [1.29, 1.82) is 0 Å². The first-order valence-corrected chi connectivity index (χ1v) is 8.97. The summed E-state index contributed by atoms with van der Waals surface area (Å²) in [6.07, 6.45) is 3.41. The van der Waals surface area contributed by atoms with Gasteiger partial charge in [0.05, 0.1) is 5.69 Å². The number of pyridine rings is 1. The molecule has 0 aliphatic heterocycles. The maximum absolute atomic E-state index is 12.6. The minimum Gasteiger partial charge on any atom is -0.345 e. The number of carbonyl (C=O) groups is 1. The van der Waals surface area contributed by atoms with Crippen LogP contribution in [0.5, 0.6) is 0 Å². The summed E-state index contributed by atoms with van der Waals surface area (Å²) in [5.74, 6) is 0.425. The van der Waals surface area contributed by atoms with Gasteiger partial charge in [0.15, 0.2) is 5.82 Å². The lowest BCUT2D eigenvalue weighted by Gasteiger charge is -2.06. The quantitative estimate of drug-likeness (QED) is 0.584. The van der Waals surface area contributed by atoms with Crippen LogP contribution in [0, 0.1) is 6.92 Å². The van der Waals surface area contributed by atoms with Gasteiger partial charge >= 0.3 is 0 Å². The Morgan fingerprint density at radius 2 is 1.89 bits per heavy atom. The molecule has 2 aromatic carbocycles. The number of aromatic nitrogens is 4. The molecule has 0 radical (unpaired) electrons. The fourth-order valence-electron chi connectivity index (χ4n) is 2.89. The predicted octanol–water partition coefficient (Wildman–Crippen LogP) is 3.57. The second-order valence-corrected chi connectivity index (χ2v) is 6.42. The number of nitrogens with one attached hydrogen (secondary N) is 1. The van der Waals surface area contributed by atoms with Gasteiger partial charge in [-0.2, -0.15) is 0 Å². The Balaban J connectivity index is 1.68. The molecule has 0 fully saturated rings. The Kier molecular flexibility index (Phi) is 4.93. The van der Waals surface area contributed by atoms with Crippen molar-refractivity contribution in [1.82, 2.24) is 25.1 Å². The Labute approximate surface area is 162 Å². The standard InChI is InChI=1S/C22H19N5O/c1-16-7-5-11-19(13-16)27-21(18-9-3-2-4-10-18)25-20(26-27)22(28)24-15-17-8-6-12-23-14-17/h2-14H,15H2,1H3,(H,24,28). The number of amides is 1. The van der Waals surface area contributed by atoms with Crippen LogP contribution in [0.15, 0.2) is 79.1 Å². The molecule has 1 N–H and O–H groups in total. The van der Waals surface area contributed by atoms with Gasteiger partial charge < -0.3 is 5.32 Å². The number of benzene rings is 2. The van der Waals surface area contributed by atoms with Crippen molar-refractivity contribution in [2.24, 2.45) is 0 Å². The summed E-state index contributed by atoms with van der Waals surface area (Å²) in [5.41, 5.74) is 3.77. The van der Waals surface area contributed by atoms with Crippen LogP contribution in [-0.4, -0.2) is 25.7 Å². The first-order chi connectivity index (χ1) is 13.7. The van der Waals surface area contributed by atoms with E-state index in [0.29, 0.717) is 12.4 Å². The molecule has 0 unspecified atom stereocenters. The van der Waals surface area contributed by atoms with Crippen molar-refractivity contribution in [2.45, 2.75) is 13.5 Å². The number of rotatable bonds is 5. The lowest BCUT2D eigenvalue weighted by Crippen LogP contribution is -2.24. The summed E-state index contributed by atoms with van der Waals surface area (Å²) in [4.78, 5) is 21.2. The van der Waals surface area contributed by atoms with E-state index in [4.69, 9.17) is 0 Å². The molecular weight excluding hydrogens is 350 g/mol. The summed E-state index contributed by atoms with van der Waals surface area (Å²) in [6.45, 7) is 2.39. The van der Waals surface area contributed by atoms with E-state index >= 15 is 0 Å². The van der Waals surface area contributed by atoms with Crippen LogP contribution in [0.2, 0.25) is 0 Å². The molecule has 6 heteroatoms. The summed E-state index contributed by atoms with van der Waals surface area (Å²) in [7, 11) is 0. The van der Waals surface area contributed by atoms with Crippen LogP contribution < -0.4 is 5.32 Å². The Morgan fingerprint density at radius 1 is 1.04 bits per heavy atom. The maximum Gasteiger partial charge on any atom is 0.291 e. The van der Waals surface area contributed by atoms with Crippen molar-refractivity contribution in [3.05, 3.63) is 96.1 Å². The van der Waals surface area contributed by atoms with E-state index in [1.54, 1.807) is 17.1 Å². The van der Waals surface area contributed by atoms with Gasteiger partial charge in [-0.15, -0.1) is 5.10 Å². The van der Waals surface area contributed by atoms with Crippen LogP contribution >= 0.6 is 0 Å². The molecule has 4 aromatic rings. The second kappa shape index (κ2) is 7.84. The minimum atomic E-state index is -0.326. The SMILES string of the molecule is Cc1cccc(-n2nc(C(=O)NCc3cccnc3)nc2-c2ccccc2)c1. The van der Waals surface area contributed by atoms with E-state index in [2.05, 4.69) is 20.4 Å². The highest BCUT2D eigenvalue weighted by Crippen LogP contribution is 2.21. The van der Waals surface area contributed by atoms with Crippen LogP contribution in [-0.2, 0) is 6.54 Å². The molecule has 1 amide bonds. The van der Waals surface area contributed by atoms with Gasteiger partial charge in [-0.25, -0.2) is 9.67 Å². The molecule has 0 aliphatic rings.